The molecular weight excluding hydrogens is 951 g/mol. The fourth-order valence-corrected chi connectivity index (χ4v) is 6.89. The minimum absolute atomic E-state index is 0.105. The number of benzene rings is 1. The van der Waals surface area contributed by atoms with E-state index in [1.165, 1.54) is 11.3 Å². The van der Waals surface area contributed by atoms with E-state index in [9.17, 15) is 14.9 Å². The number of nitrogens with zero attached hydrogens (tertiary/aromatic N) is 4. The maximum Gasteiger partial charge on any atom is 0.308 e. The van der Waals surface area contributed by atoms with E-state index in [4.69, 9.17) is 57.8 Å². The van der Waals surface area contributed by atoms with Gasteiger partial charge in [0.15, 0.2) is 5.96 Å². The van der Waals surface area contributed by atoms with Gasteiger partial charge >= 0.3 is 5.97 Å². The first-order chi connectivity index (χ1) is 35.1. The number of thiophene rings is 1. The van der Waals surface area contributed by atoms with Gasteiger partial charge in [-0.05, 0) is 62.9 Å². The Morgan fingerprint density at radius 2 is 1.28 bits per heavy atom. The smallest absolute Gasteiger partial charge is 0.308 e. The number of guanidine groups is 1. The van der Waals surface area contributed by atoms with Crippen LogP contribution in [0.3, 0.4) is 0 Å². The van der Waals surface area contributed by atoms with Gasteiger partial charge in [0.25, 0.3) is 5.91 Å². The molecule has 21 heteroatoms. The van der Waals surface area contributed by atoms with Crippen LogP contribution in [0.5, 0.6) is 0 Å². The summed E-state index contributed by atoms with van der Waals surface area (Å²) in [5, 5.41) is 17.7. The zero-order valence-corrected chi connectivity index (χ0v) is 43.5. The molecule has 2 aromatic rings. The Kier molecular flexibility index (Phi) is 33.6. The number of nitrogens with one attached hydrogen (secondary N) is 2. The average Bonchev–Trinajstić information content (AvgIpc) is 3.72. The first-order valence-electron chi connectivity index (χ1n) is 24.5. The third-order valence-electron chi connectivity index (χ3n) is 9.38. The van der Waals surface area contributed by atoms with Crippen molar-refractivity contribution in [2.75, 3.05) is 158 Å². The molecule has 0 atom stereocenters. The second-order valence-corrected chi connectivity index (χ2v) is 17.5. The Morgan fingerprint density at radius 1 is 0.750 bits per heavy atom. The number of aliphatic imine (C=N–C) groups is 2. The Morgan fingerprint density at radius 3 is 1.79 bits per heavy atom. The molecule has 0 spiro atoms. The largest absolute Gasteiger partial charge is 0.460 e. The van der Waals surface area contributed by atoms with Gasteiger partial charge in [0, 0.05) is 25.1 Å². The fourth-order valence-electron chi connectivity index (χ4n) is 6.10. The maximum atomic E-state index is 13.5. The molecule has 0 aliphatic carbocycles. The van der Waals surface area contributed by atoms with Crippen molar-refractivity contribution in [3.8, 4) is 17.9 Å². The summed E-state index contributed by atoms with van der Waals surface area (Å²) in [6.07, 6.45) is 3.17. The molecule has 0 saturated heterocycles. The van der Waals surface area contributed by atoms with Gasteiger partial charge in [-0.15, -0.1) is 11.3 Å². The van der Waals surface area contributed by atoms with Crippen LogP contribution in [0, 0.1) is 23.2 Å². The van der Waals surface area contributed by atoms with Crippen molar-refractivity contribution in [2.45, 2.75) is 52.6 Å². The number of rotatable bonds is 39. The van der Waals surface area contributed by atoms with Crippen LogP contribution in [-0.2, 0) is 61.7 Å². The number of fused-ring (bicyclic) bond motifs is 1. The molecule has 0 fully saturated rings. The predicted molar refractivity (Wildman–Crippen MR) is 276 cm³/mol. The highest BCUT2D eigenvalue weighted by molar-refractivity contribution is 7.11. The highest BCUT2D eigenvalue weighted by Crippen LogP contribution is 2.31. The lowest BCUT2D eigenvalue weighted by Gasteiger charge is -2.21. The van der Waals surface area contributed by atoms with E-state index in [-0.39, 0.29) is 37.8 Å². The first-order valence-corrected chi connectivity index (χ1v) is 25.4. The van der Waals surface area contributed by atoms with Gasteiger partial charge in [0.2, 0.25) is 0 Å². The number of carbonyl (C=O) groups excluding carboxylic acids is 2. The summed E-state index contributed by atoms with van der Waals surface area (Å²) >= 11 is 1.52. The number of amidine groups is 1. The molecule has 3 rings (SSSR count). The molecule has 1 aromatic heterocycles. The number of ether oxygens (including phenoxy) is 11. The zero-order chi connectivity index (χ0) is 51.8. The van der Waals surface area contributed by atoms with Crippen LogP contribution < -0.4 is 16.4 Å². The standard InChI is InChI=1S/C51H77N7O13S/c1-5-15-58(49(60)43-39-46-45(12-37-72-46)57-47(53)40-43)16-7-6-13-54-50(56-44-10-8-9-42(38-44)41-52)55-14-18-62-20-22-64-24-26-66-28-30-68-32-34-70-36-35-69-33-31-67-29-27-65-25-23-63-21-19-61-17-11-48(59)71-51(2,3)4/h8-10,12,37-39H,5,11,13-36,40H2,1-4H3,(H2,53,57)(H2,54,55,56). The molecule has 1 amide bonds. The van der Waals surface area contributed by atoms with Gasteiger partial charge in [-0.1, -0.05) is 24.8 Å². The van der Waals surface area contributed by atoms with Crippen molar-refractivity contribution in [3.63, 3.8) is 0 Å². The molecule has 72 heavy (non-hydrogen) atoms. The summed E-state index contributed by atoms with van der Waals surface area (Å²) in [7, 11) is 0. The Hall–Kier alpha value is -5.01. The molecule has 0 saturated carbocycles. The van der Waals surface area contributed by atoms with Crippen molar-refractivity contribution in [1.82, 2.24) is 15.5 Å². The van der Waals surface area contributed by atoms with Crippen LogP contribution in [-0.4, -0.2) is 192 Å². The zero-order valence-electron chi connectivity index (χ0n) is 42.7. The second-order valence-electron chi connectivity index (χ2n) is 16.6. The van der Waals surface area contributed by atoms with Gasteiger partial charge in [-0.3, -0.25) is 9.59 Å². The number of nitrogens with two attached hydrogens (primary N) is 1. The molecule has 1 aliphatic rings. The van der Waals surface area contributed by atoms with Gasteiger partial charge in [-0.25, -0.2) is 9.98 Å². The van der Waals surface area contributed by atoms with E-state index in [0.717, 1.165) is 17.0 Å². The number of hydrogen-bond donors (Lipinski definition) is 3. The lowest BCUT2D eigenvalue weighted by atomic mass is 10.1. The third kappa shape index (κ3) is 30.8. The van der Waals surface area contributed by atoms with Crippen molar-refractivity contribution >= 4 is 52.5 Å². The average molecular weight is 1030 g/mol. The minimum atomic E-state index is -0.488. The molecule has 0 bridgehead atoms. The molecule has 1 aliphatic heterocycles. The van der Waals surface area contributed by atoms with Gasteiger partial charge < -0.3 is 73.4 Å². The van der Waals surface area contributed by atoms with Crippen molar-refractivity contribution in [3.05, 3.63) is 51.7 Å². The van der Waals surface area contributed by atoms with E-state index in [1.54, 1.807) is 23.1 Å². The number of nitriles is 1. The van der Waals surface area contributed by atoms with E-state index in [0.29, 0.717) is 174 Å². The summed E-state index contributed by atoms with van der Waals surface area (Å²) in [4.78, 5) is 36.9. The molecule has 0 unspecified atom stereocenters. The molecular formula is C51H77N7O13S. The van der Waals surface area contributed by atoms with E-state index >= 15 is 0 Å². The Bertz CT molecular complexity index is 2010. The molecule has 2 heterocycles. The number of hydrogen-bond acceptors (Lipinski definition) is 18. The highest BCUT2D eigenvalue weighted by atomic mass is 32.1. The molecule has 1 aromatic carbocycles. The van der Waals surface area contributed by atoms with Gasteiger partial charge in [0.05, 0.1) is 180 Å². The quantitative estimate of drug-likeness (QED) is 0.0277. The van der Waals surface area contributed by atoms with E-state index in [1.807, 2.05) is 51.3 Å². The maximum absolute atomic E-state index is 13.5. The van der Waals surface area contributed by atoms with Crippen LogP contribution in [0.2, 0.25) is 0 Å². The van der Waals surface area contributed by atoms with E-state index in [2.05, 4.69) is 38.5 Å². The third-order valence-corrected chi connectivity index (χ3v) is 10.2. The summed E-state index contributed by atoms with van der Waals surface area (Å²) in [6.45, 7) is 17.8. The molecule has 4 N–H and O–H groups in total. The number of amides is 1. The predicted octanol–water partition coefficient (Wildman–Crippen LogP) is 4.40. The van der Waals surface area contributed by atoms with Crippen LogP contribution in [0.25, 0.3) is 6.08 Å². The summed E-state index contributed by atoms with van der Waals surface area (Å²) in [6, 6.07) is 11.0. The highest BCUT2D eigenvalue weighted by Gasteiger charge is 2.21. The fraction of sp³-hybridized carbons (Fsp3) is 0.627. The van der Waals surface area contributed by atoms with Crippen molar-refractivity contribution < 1.29 is 61.7 Å². The normalized spacial score (nSPS) is 12.5. The monoisotopic (exact) mass is 1030 g/mol. The van der Waals surface area contributed by atoms with Crippen LogP contribution >= 0.6 is 11.3 Å². The van der Waals surface area contributed by atoms with Gasteiger partial charge in [0.1, 0.15) is 11.4 Å². The van der Waals surface area contributed by atoms with Crippen LogP contribution in [0.1, 0.15) is 57.4 Å². The SMILES string of the molecule is CCCN(CC#CCN/C(=N\c1cccc(C#N)c1)NCCOCCOCCOCCOCCOCCOCCOCCOCCOCCOCCC(=O)OC(C)(C)C)C(=O)C1=Cc2sccc2N=C(N)C1. The Balaban J connectivity index is 1.11. The lowest BCUT2D eigenvalue weighted by Crippen LogP contribution is -2.39. The van der Waals surface area contributed by atoms with Crippen LogP contribution in [0.15, 0.2) is 51.3 Å². The van der Waals surface area contributed by atoms with Crippen molar-refractivity contribution in [1.29, 1.82) is 5.26 Å². The van der Waals surface area contributed by atoms with Gasteiger partial charge in [-0.2, -0.15) is 5.26 Å². The molecule has 0 radical (unpaired) electrons. The topological polar surface area (TPSA) is 237 Å². The minimum Gasteiger partial charge on any atom is -0.460 e. The molecule has 20 nitrogen and oxygen atoms in total. The summed E-state index contributed by atoms with van der Waals surface area (Å²) in [5.41, 5.74) is 8.12. The Labute approximate surface area is 429 Å². The number of esters is 1. The number of carbonyl (C=O) groups is 2. The lowest BCUT2D eigenvalue weighted by molar-refractivity contribution is -0.156. The summed E-state index contributed by atoms with van der Waals surface area (Å²) in [5.74, 6) is 6.72. The summed E-state index contributed by atoms with van der Waals surface area (Å²) < 4.78 is 60.5. The second kappa shape index (κ2) is 39.5. The van der Waals surface area contributed by atoms with Crippen LogP contribution in [0.4, 0.5) is 11.4 Å². The van der Waals surface area contributed by atoms with Crippen molar-refractivity contribution in [2.24, 2.45) is 15.7 Å². The first kappa shape index (κ1) is 61.3. The molecule has 400 valence electrons. The van der Waals surface area contributed by atoms with E-state index < -0.39 is 5.60 Å².